The first kappa shape index (κ1) is 7.55. The molecule has 0 unspecified atom stereocenters. The second kappa shape index (κ2) is 3.02. The van der Waals surface area contributed by atoms with E-state index in [-0.39, 0.29) is 0 Å². The molecule has 0 atom stereocenters. The second-order valence-electron chi connectivity index (χ2n) is 2.35. The van der Waals surface area contributed by atoms with E-state index in [4.69, 9.17) is 11.0 Å². The van der Waals surface area contributed by atoms with Crippen LogP contribution in [0.1, 0.15) is 11.3 Å². The zero-order chi connectivity index (χ0) is 8.27. The third kappa shape index (κ3) is 1.68. The molecule has 1 aromatic heterocycles. The molecule has 0 saturated heterocycles. The van der Waals surface area contributed by atoms with Crippen molar-refractivity contribution in [3.05, 3.63) is 23.5 Å². The van der Waals surface area contributed by atoms with Gasteiger partial charge in [-0.1, -0.05) is 0 Å². The highest BCUT2D eigenvalue weighted by molar-refractivity contribution is 5.44. The number of nitrogens with two attached hydrogens (primary N) is 1. The molecule has 1 rings (SSSR count). The monoisotopic (exact) mass is 147 g/mol. The summed E-state index contributed by atoms with van der Waals surface area (Å²) in [6, 6.07) is 3.82. The summed E-state index contributed by atoms with van der Waals surface area (Å²) in [5, 5.41) is 8.36. The first-order valence-corrected chi connectivity index (χ1v) is 3.32. The van der Waals surface area contributed by atoms with Crippen molar-refractivity contribution in [2.75, 3.05) is 5.73 Å². The third-order valence-corrected chi connectivity index (χ3v) is 1.47. The Bertz CT molecular complexity index is 299. The van der Waals surface area contributed by atoms with Gasteiger partial charge >= 0.3 is 0 Å². The number of hydrogen-bond donors (Lipinski definition) is 1. The van der Waals surface area contributed by atoms with Gasteiger partial charge in [0.25, 0.3) is 0 Å². The van der Waals surface area contributed by atoms with Crippen molar-refractivity contribution in [1.29, 1.82) is 5.26 Å². The van der Waals surface area contributed by atoms with Crippen molar-refractivity contribution in [2.45, 2.75) is 13.3 Å². The Balaban J connectivity index is 2.98. The van der Waals surface area contributed by atoms with Gasteiger partial charge in [-0.25, -0.2) is 0 Å². The first-order chi connectivity index (χ1) is 5.24. The first-order valence-electron chi connectivity index (χ1n) is 3.32. The van der Waals surface area contributed by atoms with Crippen molar-refractivity contribution in [3.8, 4) is 6.07 Å². The zero-order valence-corrected chi connectivity index (χ0v) is 6.33. The Morgan fingerprint density at radius 2 is 2.45 bits per heavy atom. The molecule has 0 aromatic carbocycles. The van der Waals surface area contributed by atoms with Crippen LogP contribution in [0.3, 0.4) is 0 Å². The predicted molar refractivity (Wildman–Crippen MR) is 42.7 cm³/mol. The molecule has 0 saturated carbocycles. The van der Waals surface area contributed by atoms with Crippen LogP contribution in [0.4, 0.5) is 5.69 Å². The van der Waals surface area contributed by atoms with Gasteiger partial charge in [0.1, 0.15) is 0 Å². The van der Waals surface area contributed by atoms with E-state index in [1.54, 1.807) is 12.3 Å². The summed E-state index contributed by atoms with van der Waals surface area (Å²) >= 11 is 0. The topological polar surface area (TPSA) is 62.7 Å². The van der Waals surface area contributed by atoms with Crippen molar-refractivity contribution in [2.24, 2.45) is 0 Å². The number of hydrogen-bond acceptors (Lipinski definition) is 3. The van der Waals surface area contributed by atoms with Crippen molar-refractivity contribution in [3.63, 3.8) is 0 Å². The number of nitriles is 1. The third-order valence-electron chi connectivity index (χ3n) is 1.47. The van der Waals surface area contributed by atoms with Gasteiger partial charge in [0, 0.05) is 6.20 Å². The van der Waals surface area contributed by atoms with Gasteiger partial charge in [0.2, 0.25) is 0 Å². The van der Waals surface area contributed by atoms with E-state index in [0.29, 0.717) is 12.1 Å². The minimum absolute atomic E-state index is 0.372. The molecule has 0 aliphatic carbocycles. The van der Waals surface area contributed by atoms with Crippen LogP contribution in [0.25, 0.3) is 0 Å². The molecule has 3 heteroatoms. The molecular weight excluding hydrogens is 138 g/mol. The van der Waals surface area contributed by atoms with Crippen LogP contribution in [-0.4, -0.2) is 4.98 Å². The average Bonchev–Trinajstić information content (AvgIpc) is 1.98. The van der Waals surface area contributed by atoms with E-state index >= 15 is 0 Å². The number of rotatable bonds is 1. The molecule has 0 aliphatic rings. The van der Waals surface area contributed by atoms with Crippen LogP contribution in [-0.2, 0) is 6.42 Å². The largest absolute Gasteiger partial charge is 0.397 e. The molecule has 0 aliphatic heterocycles. The lowest BCUT2D eigenvalue weighted by Gasteiger charge is -1.99. The number of pyridine rings is 1. The lowest BCUT2D eigenvalue weighted by molar-refractivity contribution is 1.14. The van der Waals surface area contributed by atoms with Gasteiger partial charge in [-0.3, -0.25) is 4.98 Å². The van der Waals surface area contributed by atoms with Crippen LogP contribution < -0.4 is 5.73 Å². The van der Waals surface area contributed by atoms with Crippen LogP contribution in [0.5, 0.6) is 0 Å². The van der Waals surface area contributed by atoms with Gasteiger partial charge < -0.3 is 5.73 Å². The van der Waals surface area contributed by atoms with Gasteiger partial charge in [-0.15, -0.1) is 0 Å². The van der Waals surface area contributed by atoms with Crippen molar-refractivity contribution in [1.82, 2.24) is 4.98 Å². The summed E-state index contributed by atoms with van der Waals surface area (Å²) in [4.78, 5) is 4.02. The number of anilines is 1. The maximum absolute atomic E-state index is 8.36. The van der Waals surface area contributed by atoms with Gasteiger partial charge in [-0.2, -0.15) is 5.26 Å². The fraction of sp³-hybridized carbons (Fsp3) is 0.250. The molecule has 1 heterocycles. The molecule has 2 N–H and O–H groups in total. The Kier molecular flexibility index (Phi) is 2.07. The normalized spacial score (nSPS) is 9.09. The molecular formula is C8H9N3. The summed E-state index contributed by atoms with van der Waals surface area (Å²) < 4.78 is 0. The van der Waals surface area contributed by atoms with E-state index < -0.39 is 0 Å². The fourth-order valence-electron chi connectivity index (χ4n) is 0.784. The smallest absolute Gasteiger partial charge is 0.0670 e. The summed E-state index contributed by atoms with van der Waals surface area (Å²) in [7, 11) is 0. The minimum atomic E-state index is 0.372. The summed E-state index contributed by atoms with van der Waals surface area (Å²) in [6.07, 6.45) is 2.05. The molecule has 0 amide bonds. The molecule has 1 aromatic rings. The Morgan fingerprint density at radius 3 is 3.00 bits per heavy atom. The molecule has 3 nitrogen and oxygen atoms in total. The zero-order valence-electron chi connectivity index (χ0n) is 6.33. The fourth-order valence-corrected chi connectivity index (χ4v) is 0.784. The summed E-state index contributed by atoms with van der Waals surface area (Å²) in [5.41, 5.74) is 7.91. The highest BCUT2D eigenvalue weighted by Crippen LogP contribution is 2.09. The van der Waals surface area contributed by atoms with Crippen LogP contribution in [0, 0.1) is 18.3 Å². The van der Waals surface area contributed by atoms with E-state index in [9.17, 15) is 0 Å². The van der Waals surface area contributed by atoms with Crippen LogP contribution >= 0.6 is 0 Å². The standard InChI is InChI=1S/C8H9N3/c1-6-8(10)4-7(2-3-9)5-11-6/h4-5H,2,10H2,1H3. The second-order valence-corrected chi connectivity index (χ2v) is 2.35. The highest BCUT2D eigenvalue weighted by Gasteiger charge is 1.96. The van der Waals surface area contributed by atoms with E-state index in [1.165, 1.54) is 0 Å². The summed E-state index contributed by atoms with van der Waals surface area (Å²) in [5.74, 6) is 0. The quantitative estimate of drug-likeness (QED) is 0.645. The number of nitrogens with zero attached hydrogens (tertiary/aromatic N) is 2. The molecule has 0 radical (unpaired) electrons. The molecule has 11 heavy (non-hydrogen) atoms. The lowest BCUT2D eigenvalue weighted by Crippen LogP contribution is -1.94. The lowest BCUT2D eigenvalue weighted by atomic mass is 10.2. The SMILES string of the molecule is Cc1ncc(CC#N)cc1N. The highest BCUT2D eigenvalue weighted by atomic mass is 14.7. The van der Waals surface area contributed by atoms with E-state index in [2.05, 4.69) is 4.98 Å². The summed E-state index contributed by atoms with van der Waals surface area (Å²) in [6.45, 7) is 1.84. The van der Waals surface area contributed by atoms with E-state index in [1.807, 2.05) is 13.0 Å². The van der Waals surface area contributed by atoms with Crippen LogP contribution in [0.2, 0.25) is 0 Å². The number of nitrogen functional groups attached to an aromatic ring is 1. The Labute approximate surface area is 65.5 Å². The van der Waals surface area contributed by atoms with Gasteiger partial charge in [-0.05, 0) is 18.6 Å². The molecule has 0 fully saturated rings. The molecule has 56 valence electrons. The van der Waals surface area contributed by atoms with Crippen LogP contribution in [0.15, 0.2) is 12.3 Å². The number of aromatic nitrogens is 1. The average molecular weight is 147 g/mol. The Hall–Kier alpha value is -1.56. The van der Waals surface area contributed by atoms with Crippen molar-refractivity contribution < 1.29 is 0 Å². The molecule has 0 bridgehead atoms. The molecule has 0 spiro atoms. The Morgan fingerprint density at radius 1 is 1.73 bits per heavy atom. The number of aryl methyl sites for hydroxylation is 1. The minimum Gasteiger partial charge on any atom is -0.397 e. The maximum atomic E-state index is 8.36. The van der Waals surface area contributed by atoms with E-state index in [0.717, 1.165) is 11.3 Å². The maximum Gasteiger partial charge on any atom is 0.0670 e. The van der Waals surface area contributed by atoms with Gasteiger partial charge in [0.05, 0.1) is 23.9 Å². The van der Waals surface area contributed by atoms with Gasteiger partial charge in [0.15, 0.2) is 0 Å². The predicted octanol–water partition coefficient (Wildman–Crippen LogP) is 1.04. The van der Waals surface area contributed by atoms with Crippen molar-refractivity contribution >= 4 is 5.69 Å².